The van der Waals surface area contributed by atoms with Gasteiger partial charge in [-0.1, -0.05) is 18.5 Å². The van der Waals surface area contributed by atoms with Crippen molar-refractivity contribution < 1.29 is 9.15 Å². The van der Waals surface area contributed by atoms with E-state index < -0.39 is 0 Å². The van der Waals surface area contributed by atoms with Crippen molar-refractivity contribution >= 4 is 11.6 Å². The highest BCUT2D eigenvalue weighted by Gasteiger charge is 2.11. The quantitative estimate of drug-likeness (QED) is 0.908. The molecule has 0 fully saturated rings. The topological polar surface area (TPSA) is 48.4 Å². The Morgan fingerprint density at radius 2 is 2.11 bits per heavy atom. The highest BCUT2D eigenvalue weighted by molar-refractivity contribution is 6.32. The zero-order chi connectivity index (χ0) is 13.1. The summed E-state index contributed by atoms with van der Waals surface area (Å²) in [6.45, 7) is 2.03. The van der Waals surface area contributed by atoms with Crippen LogP contribution in [0.25, 0.3) is 11.3 Å². The normalized spacial score (nSPS) is 12.4. The van der Waals surface area contributed by atoms with E-state index in [-0.39, 0.29) is 6.04 Å². The van der Waals surface area contributed by atoms with E-state index in [0.717, 1.165) is 23.5 Å². The molecule has 0 aliphatic carbocycles. The van der Waals surface area contributed by atoms with E-state index in [1.165, 1.54) is 0 Å². The Kier molecular flexibility index (Phi) is 3.94. The van der Waals surface area contributed by atoms with Crippen LogP contribution >= 0.6 is 11.6 Å². The lowest BCUT2D eigenvalue weighted by atomic mass is 10.1. The van der Waals surface area contributed by atoms with Crippen LogP contribution in [0.5, 0.6) is 5.75 Å². The average Bonchev–Trinajstić information content (AvgIpc) is 2.88. The number of methoxy groups -OCH3 is 1. The Hall–Kier alpha value is -1.45. The number of ether oxygens (including phenoxy) is 1. The fourth-order valence-electron chi connectivity index (χ4n) is 1.72. The molecule has 18 heavy (non-hydrogen) atoms. The monoisotopic (exact) mass is 265 g/mol. The number of benzene rings is 1. The minimum absolute atomic E-state index is 0.0621. The standard InChI is InChI=1S/C14H16ClNO2/c1-3-11(16)13-7-6-12(18-13)9-4-5-10(15)14(8-9)17-2/h4-8,11H,3,16H2,1-2H3. The summed E-state index contributed by atoms with van der Waals surface area (Å²) in [5, 5.41) is 0.582. The summed E-state index contributed by atoms with van der Waals surface area (Å²) in [4.78, 5) is 0. The van der Waals surface area contributed by atoms with Crippen molar-refractivity contribution in [2.45, 2.75) is 19.4 Å². The third kappa shape index (κ3) is 2.52. The van der Waals surface area contributed by atoms with E-state index in [1.807, 2.05) is 31.2 Å². The Bertz CT molecular complexity index is 536. The van der Waals surface area contributed by atoms with Gasteiger partial charge in [0.1, 0.15) is 17.3 Å². The molecule has 1 heterocycles. The van der Waals surface area contributed by atoms with Gasteiger partial charge in [0.25, 0.3) is 0 Å². The van der Waals surface area contributed by atoms with Crippen LogP contribution in [-0.4, -0.2) is 7.11 Å². The highest BCUT2D eigenvalue weighted by atomic mass is 35.5. The van der Waals surface area contributed by atoms with Crippen LogP contribution in [0.3, 0.4) is 0 Å². The molecule has 2 aromatic rings. The fraction of sp³-hybridized carbons (Fsp3) is 0.286. The minimum Gasteiger partial charge on any atom is -0.495 e. The number of hydrogen-bond donors (Lipinski definition) is 1. The second kappa shape index (κ2) is 5.46. The Labute approximate surface area is 111 Å². The van der Waals surface area contributed by atoms with Crippen molar-refractivity contribution in [2.24, 2.45) is 5.73 Å². The lowest BCUT2D eigenvalue weighted by Crippen LogP contribution is -2.06. The SMILES string of the molecule is CCC(N)c1ccc(-c2ccc(Cl)c(OC)c2)o1. The van der Waals surface area contributed by atoms with E-state index in [2.05, 4.69) is 0 Å². The first-order chi connectivity index (χ1) is 8.65. The van der Waals surface area contributed by atoms with Gasteiger partial charge in [0.2, 0.25) is 0 Å². The smallest absolute Gasteiger partial charge is 0.138 e. The van der Waals surface area contributed by atoms with E-state index >= 15 is 0 Å². The molecule has 0 saturated heterocycles. The van der Waals surface area contributed by atoms with Crippen LogP contribution in [0.15, 0.2) is 34.7 Å². The fourth-order valence-corrected chi connectivity index (χ4v) is 1.92. The molecule has 1 aromatic carbocycles. The maximum absolute atomic E-state index is 5.99. The minimum atomic E-state index is -0.0621. The average molecular weight is 266 g/mol. The highest BCUT2D eigenvalue weighted by Crippen LogP contribution is 2.32. The van der Waals surface area contributed by atoms with E-state index in [0.29, 0.717) is 10.8 Å². The molecule has 2 N–H and O–H groups in total. The molecule has 0 bridgehead atoms. The Morgan fingerprint density at radius 1 is 1.33 bits per heavy atom. The number of rotatable bonds is 4. The molecule has 1 unspecified atom stereocenters. The van der Waals surface area contributed by atoms with Crippen molar-refractivity contribution in [3.8, 4) is 17.1 Å². The molecule has 1 atom stereocenters. The van der Waals surface area contributed by atoms with Gasteiger partial charge in [0.05, 0.1) is 18.2 Å². The van der Waals surface area contributed by atoms with Crippen molar-refractivity contribution in [1.82, 2.24) is 0 Å². The Morgan fingerprint density at radius 3 is 2.78 bits per heavy atom. The number of furan rings is 1. The molecule has 96 valence electrons. The third-order valence-corrected chi connectivity index (χ3v) is 3.18. The van der Waals surface area contributed by atoms with Gasteiger partial charge in [0, 0.05) is 5.56 Å². The first kappa shape index (κ1) is 13.0. The van der Waals surface area contributed by atoms with Gasteiger partial charge >= 0.3 is 0 Å². The van der Waals surface area contributed by atoms with Gasteiger partial charge in [-0.2, -0.15) is 0 Å². The third-order valence-electron chi connectivity index (χ3n) is 2.87. The summed E-state index contributed by atoms with van der Waals surface area (Å²) >= 11 is 5.99. The predicted octanol–water partition coefficient (Wildman–Crippen LogP) is 4.02. The zero-order valence-electron chi connectivity index (χ0n) is 10.4. The van der Waals surface area contributed by atoms with Crippen molar-refractivity contribution in [3.05, 3.63) is 41.1 Å². The summed E-state index contributed by atoms with van der Waals surface area (Å²) in [7, 11) is 1.59. The molecule has 0 amide bonds. The molecule has 4 heteroatoms. The Balaban J connectivity index is 2.34. The lowest BCUT2D eigenvalue weighted by molar-refractivity contribution is 0.415. The maximum Gasteiger partial charge on any atom is 0.138 e. The largest absolute Gasteiger partial charge is 0.495 e. The van der Waals surface area contributed by atoms with E-state index in [4.69, 9.17) is 26.5 Å². The molecule has 0 saturated carbocycles. The van der Waals surface area contributed by atoms with Gasteiger partial charge in [-0.25, -0.2) is 0 Å². The van der Waals surface area contributed by atoms with Crippen LogP contribution in [0.2, 0.25) is 5.02 Å². The van der Waals surface area contributed by atoms with Crippen LogP contribution < -0.4 is 10.5 Å². The van der Waals surface area contributed by atoms with Gasteiger partial charge < -0.3 is 14.9 Å². The first-order valence-electron chi connectivity index (χ1n) is 5.85. The van der Waals surface area contributed by atoms with Gasteiger partial charge in [-0.3, -0.25) is 0 Å². The molecule has 0 aliphatic heterocycles. The van der Waals surface area contributed by atoms with Crippen LogP contribution in [-0.2, 0) is 0 Å². The van der Waals surface area contributed by atoms with Crippen molar-refractivity contribution in [1.29, 1.82) is 0 Å². The summed E-state index contributed by atoms with van der Waals surface area (Å²) < 4.78 is 10.9. The first-order valence-corrected chi connectivity index (χ1v) is 6.22. The number of hydrogen-bond acceptors (Lipinski definition) is 3. The summed E-state index contributed by atoms with van der Waals surface area (Å²) in [6, 6.07) is 9.29. The summed E-state index contributed by atoms with van der Waals surface area (Å²) in [5.74, 6) is 2.19. The van der Waals surface area contributed by atoms with Crippen LogP contribution in [0.4, 0.5) is 0 Å². The summed E-state index contributed by atoms with van der Waals surface area (Å²) in [6.07, 6.45) is 0.844. The maximum atomic E-state index is 5.99. The molecule has 1 aromatic heterocycles. The molecule has 2 rings (SSSR count). The van der Waals surface area contributed by atoms with Gasteiger partial charge in [-0.15, -0.1) is 0 Å². The molecular formula is C14H16ClNO2. The van der Waals surface area contributed by atoms with Gasteiger partial charge in [0.15, 0.2) is 0 Å². The van der Waals surface area contributed by atoms with E-state index in [9.17, 15) is 0 Å². The molecule has 0 spiro atoms. The van der Waals surface area contributed by atoms with E-state index in [1.54, 1.807) is 13.2 Å². The molecule has 0 radical (unpaired) electrons. The molecule has 0 aliphatic rings. The van der Waals surface area contributed by atoms with Crippen LogP contribution in [0.1, 0.15) is 25.1 Å². The van der Waals surface area contributed by atoms with Crippen molar-refractivity contribution in [3.63, 3.8) is 0 Å². The predicted molar refractivity (Wildman–Crippen MR) is 72.9 cm³/mol. The van der Waals surface area contributed by atoms with Gasteiger partial charge in [-0.05, 0) is 36.8 Å². The molecule has 3 nitrogen and oxygen atoms in total. The zero-order valence-corrected chi connectivity index (χ0v) is 11.2. The lowest BCUT2D eigenvalue weighted by Gasteiger charge is -2.06. The number of halogens is 1. The van der Waals surface area contributed by atoms with Crippen molar-refractivity contribution in [2.75, 3.05) is 7.11 Å². The summed E-state index contributed by atoms with van der Waals surface area (Å²) in [5.41, 5.74) is 6.85. The number of nitrogens with two attached hydrogens (primary N) is 1. The second-order valence-electron chi connectivity index (χ2n) is 4.07. The molecular weight excluding hydrogens is 250 g/mol. The second-order valence-corrected chi connectivity index (χ2v) is 4.47. The van der Waals surface area contributed by atoms with Crippen LogP contribution in [0, 0.1) is 0 Å².